The van der Waals surface area contributed by atoms with Gasteiger partial charge in [0.25, 0.3) is 0 Å². The minimum absolute atomic E-state index is 0.0313. The van der Waals surface area contributed by atoms with Crippen molar-refractivity contribution in [2.24, 2.45) is 0 Å². The zero-order chi connectivity index (χ0) is 12.0. The number of anilines is 2. The van der Waals surface area contributed by atoms with Gasteiger partial charge in [0.05, 0.1) is 23.7 Å². The quantitative estimate of drug-likeness (QED) is 0.595. The van der Waals surface area contributed by atoms with Crippen molar-refractivity contribution in [3.8, 4) is 0 Å². The number of hydrogen-bond donors (Lipinski definition) is 1. The molecular weight excluding hydrogens is 224 g/mol. The lowest BCUT2D eigenvalue weighted by Gasteiger charge is -2.27. The molecule has 0 aromatic carbocycles. The second-order valence-corrected chi connectivity index (χ2v) is 4.33. The number of nitrogens with two attached hydrogens (primary N) is 1. The third-order valence-electron chi connectivity index (χ3n) is 3.28. The standard InChI is InChI=1S/C10H12N4O3/c11-10-8(14(15)16)1-2-9(12-10)13-4-7-3-6(13)5-17-7/h1-2,6-7H,3-5H2,(H2,11,12)/t6-,7-/m1/s1. The van der Waals surface area contributed by atoms with Crippen LogP contribution in [0.3, 0.4) is 0 Å². The number of ether oxygens (including phenoxy) is 1. The first-order chi connectivity index (χ1) is 8.15. The van der Waals surface area contributed by atoms with Gasteiger partial charge >= 0.3 is 5.69 Å². The molecule has 2 fully saturated rings. The smallest absolute Gasteiger partial charge is 0.311 e. The van der Waals surface area contributed by atoms with E-state index in [9.17, 15) is 10.1 Å². The highest BCUT2D eigenvalue weighted by Crippen LogP contribution is 2.33. The van der Waals surface area contributed by atoms with Crippen LogP contribution in [0.5, 0.6) is 0 Å². The van der Waals surface area contributed by atoms with Crippen molar-refractivity contribution < 1.29 is 9.66 Å². The van der Waals surface area contributed by atoms with Crippen LogP contribution >= 0.6 is 0 Å². The van der Waals surface area contributed by atoms with Gasteiger partial charge in [-0.15, -0.1) is 0 Å². The minimum Gasteiger partial charge on any atom is -0.378 e. The van der Waals surface area contributed by atoms with E-state index in [-0.39, 0.29) is 17.6 Å². The van der Waals surface area contributed by atoms with E-state index < -0.39 is 4.92 Å². The van der Waals surface area contributed by atoms with Crippen LogP contribution in [0.4, 0.5) is 17.3 Å². The van der Waals surface area contributed by atoms with Crippen LogP contribution in [0.2, 0.25) is 0 Å². The number of nitrogens with zero attached hydrogens (tertiary/aromatic N) is 3. The third-order valence-corrected chi connectivity index (χ3v) is 3.28. The predicted molar refractivity (Wildman–Crippen MR) is 60.8 cm³/mol. The Morgan fingerprint density at radius 2 is 2.41 bits per heavy atom. The van der Waals surface area contributed by atoms with Crippen LogP contribution in [0.25, 0.3) is 0 Å². The van der Waals surface area contributed by atoms with E-state index in [0.717, 1.165) is 13.0 Å². The van der Waals surface area contributed by atoms with Crippen LogP contribution in [-0.2, 0) is 4.74 Å². The minimum atomic E-state index is -0.522. The van der Waals surface area contributed by atoms with E-state index in [1.54, 1.807) is 6.07 Å². The Hall–Kier alpha value is -1.89. The SMILES string of the molecule is Nc1nc(N2C[C@H]3C[C@@H]2CO3)ccc1[N+](=O)[O-]. The second-order valence-electron chi connectivity index (χ2n) is 4.33. The Morgan fingerprint density at radius 3 is 2.94 bits per heavy atom. The molecule has 0 saturated carbocycles. The molecule has 0 unspecified atom stereocenters. The van der Waals surface area contributed by atoms with Crippen molar-refractivity contribution >= 4 is 17.3 Å². The topological polar surface area (TPSA) is 94.5 Å². The Morgan fingerprint density at radius 1 is 1.59 bits per heavy atom. The maximum Gasteiger partial charge on any atom is 0.311 e. The average Bonchev–Trinajstić information content (AvgIpc) is 2.89. The number of rotatable bonds is 2. The molecular formula is C10H12N4O3. The Balaban J connectivity index is 1.89. The lowest BCUT2D eigenvalue weighted by molar-refractivity contribution is -0.384. The average molecular weight is 236 g/mol. The first-order valence-corrected chi connectivity index (χ1v) is 5.44. The lowest BCUT2D eigenvalue weighted by atomic mass is 10.2. The molecule has 2 aliphatic rings. The summed E-state index contributed by atoms with van der Waals surface area (Å²) < 4.78 is 5.49. The van der Waals surface area contributed by atoms with Crippen LogP contribution in [0.15, 0.2) is 12.1 Å². The number of hydrogen-bond acceptors (Lipinski definition) is 6. The van der Waals surface area contributed by atoms with E-state index in [1.165, 1.54) is 6.07 Å². The third kappa shape index (κ3) is 1.59. The van der Waals surface area contributed by atoms with Gasteiger partial charge in [-0.2, -0.15) is 0 Å². The summed E-state index contributed by atoms with van der Waals surface area (Å²) in [4.78, 5) is 16.3. The van der Waals surface area contributed by atoms with E-state index in [0.29, 0.717) is 18.5 Å². The molecule has 7 heteroatoms. The predicted octanol–water partition coefficient (Wildman–Crippen LogP) is 0.549. The molecule has 0 spiro atoms. The highest BCUT2D eigenvalue weighted by atomic mass is 16.6. The van der Waals surface area contributed by atoms with E-state index in [2.05, 4.69) is 9.88 Å². The fraction of sp³-hybridized carbons (Fsp3) is 0.500. The first-order valence-electron chi connectivity index (χ1n) is 5.44. The molecule has 2 atom stereocenters. The highest BCUT2D eigenvalue weighted by Gasteiger charge is 2.39. The van der Waals surface area contributed by atoms with Crippen molar-refractivity contribution in [2.45, 2.75) is 18.6 Å². The second kappa shape index (κ2) is 3.56. The highest BCUT2D eigenvalue weighted by molar-refractivity contribution is 5.58. The molecule has 2 N–H and O–H groups in total. The summed E-state index contributed by atoms with van der Waals surface area (Å²) in [6, 6.07) is 3.38. The van der Waals surface area contributed by atoms with Crippen LogP contribution in [0.1, 0.15) is 6.42 Å². The van der Waals surface area contributed by atoms with Gasteiger partial charge in [0.1, 0.15) is 5.82 Å². The molecule has 2 aliphatic heterocycles. The van der Waals surface area contributed by atoms with Gasteiger partial charge in [0.15, 0.2) is 0 Å². The summed E-state index contributed by atoms with van der Waals surface area (Å²) >= 11 is 0. The number of nitrogen functional groups attached to an aromatic ring is 1. The molecule has 0 aliphatic carbocycles. The molecule has 90 valence electrons. The summed E-state index contributed by atoms with van der Waals surface area (Å²) in [5, 5.41) is 10.6. The molecule has 1 aromatic heterocycles. The summed E-state index contributed by atoms with van der Waals surface area (Å²) in [6.07, 6.45) is 1.26. The summed E-state index contributed by atoms with van der Waals surface area (Å²) in [5.74, 6) is 0.667. The number of fused-ring (bicyclic) bond motifs is 2. The molecule has 3 rings (SSSR count). The molecule has 0 amide bonds. The van der Waals surface area contributed by atoms with Crippen molar-refractivity contribution in [3.05, 3.63) is 22.2 Å². The van der Waals surface area contributed by atoms with E-state index in [4.69, 9.17) is 10.5 Å². The largest absolute Gasteiger partial charge is 0.378 e. The van der Waals surface area contributed by atoms with Crippen molar-refractivity contribution in [3.63, 3.8) is 0 Å². The lowest BCUT2D eigenvalue weighted by Crippen LogP contribution is -2.37. The molecule has 2 saturated heterocycles. The molecule has 0 radical (unpaired) electrons. The molecule has 3 heterocycles. The number of nitro groups is 1. The normalized spacial score (nSPS) is 26.5. The molecule has 7 nitrogen and oxygen atoms in total. The van der Waals surface area contributed by atoms with Gasteiger partial charge in [-0.05, 0) is 12.5 Å². The fourth-order valence-corrected chi connectivity index (χ4v) is 2.45. The Kier molecular flexibility index (Phi) is 2.15. The van der Waals surface area contributed by atoms with Crippen molar-refractivity contribution in [1.82, 2.24) is 4.98 Å². The number of aromatic nitrogens is 1. The van der Waals surface area contributed by atoms with Gasteiger partial charge < -0.3 is 15.4 Å². The summed E-state index contributed by atoms with van der Waals surface area (Å²) in [5.41, 5.74) is 5.43. The number of morpholine rings is 1. The van der Waals surface area contributed by atoms with Crippen molar-refractivity contribution in [1.29, 1.82) is 0 Å². The van der Waals surface area contributed by atoms with Gasteiger partial charge in [-0.3, -0.25) is 10.1 Å². The fourth-order valence-electron chi connectivity index (χ4n) is 2.45. The maximum absolute atomic E-state index is 10.6. The monoisotopic (exact) mass is 236 g/mol. The molecule has 1 aromatic rings. The molecule has 2 bridgehead atoms. The Labute approximate surface area is 97.3 Å². The van der Waals surface area contributed by atoms with Gasteiger partial charge in [-0.25, -0.2) is 4.98 Å². The zero-order valence-electron chi connectivity index (χ0n) is 9.07. The maximum atomic E-state index is 10.6. The Bertz CT molecular complexity index is 479. The summed E-state index contributed by atoms with van der Waals surface area (Å²) in [7, 11) is 0. The van der Waals surface area contributed by atoms with Crippen LogP contribution < -0.4 is 10.6 Å². The van der Waals surface area contributed by atoms with Gasteiger partial charge in [0, 0.05) is 12.6 Å². The van der Waals surface area contributed by atoms with Crippen molar-refractivity contribution in [2.75, 3.05) is 23.8 Å². The van der Waals surface area contributed by atoms with E-state index >= 15 is 0 Å². The van der Waals surface area contributed by atoms with E-state index in [1.807, 2.05) is 0 Å². The van der Waals surface area contributed by atoms with Crippen LogP contribution in [-0.4, -0.2) is 35.2 Å². The number of pyridine rings is 1. The zero-order valence-corrected chi connectivity index (χ0v) is 9.07. The van der Waals surface area contributed by atoms with Gasteiger partial charge in [-0.1, -0.05) is 0 Å². The first kappa shape index (κ1) is 10.3. The molecule has 17 heavy (non-hydrogen) atoms. The van der Waals surface area contributed by atoms with Crippen LogP contribution in [0, 0.1) is 10.1 Å². The van der Waals surface area contributed by atoms with Gasteiger partial charge in [0.2, 0.25) is 5.82 Å². The summed E-state index contributed by atoms with van der Waals surface area (Å²) in [6.45, 7) is 1.48.